The number of anilines is 1. The summed E-state index contributed by atoms with van der Waals surface area (Å²) in [4.78, 5) is 18.7. The predicted molar refractivity (Wildman–Crippen MR) is 95.2 cm³/mol. The first-order chi connectivity index (χ1) is 12.7. The number of carbonyl (C=O) groups is 1. The lowest BCUT2D eigenvalue weighted by Crippen LogP contribution is -2.25. The second-order valence-electron chi connectivity index (χ2n) is 6.35. The summed E-state index contributed by atoms with van der Waals surface area (Å²) in [5.41, 5.74) is 2.62. The molecule has 1 unspecified atom stereocenters. The SMILES string of the molecule is CCc1ccccc1N1CC(c2nc(-c3cccc(F)c3)no2)CC1=O. The van der Waals surface area contributed by atoms with E-state index in [1.807, 2.05) is 24.3 Å². The molecule has 1 aliphatic rings. The number of nitrogens with zero attached hydrogens (tertiary/aromatic N) is 3. The summed E-state index contributed by atoms with van der Waals surface area (Å²) < 4.78 is 18.8. The Balaban J connectivity index is 1.58. The number of aromatic nitrogens is 2. The molecule has 2 heterocycles. The molecule has 132 valence electrons. The van der Waals surface area contributed by atoms with Crippen molar-refractivity contribution in [1.29, 1.82) is 0 Å². The summed E-state index contributed by atoms with van der Waals surface area (Å²) >= 11 is 0. The molecule has 1 aliphatic heterocycles. The van der Waals surface area contributed by atoms with Crippen molar-refractivity contribution in [1.82, 2.24) is 10.1 Å². The number of benzene rings is 2. The van der Waals surface area contributed by atoms with Gasteiger partial charge < -0.3 is 9.42 Å². The van der Waals surface area contributed by atoms with Crippen molar-refractivity contribution in [3.63, 3.8) is 0 Å². The van der Waals surface area contributed by atoms with Crippen molar-refractivity contribution < 1.29 is 13.7 Å². The Bertz CT molecular complexity index is 953. The molecule has 0 radical (unpaired) electrons. The van der Waals surface area contributed by atoms with Gasteiger partial charge in [0.25, 0.3) is 0 Å². The summed E-state index contributed by atoms with van der Waals surface area (Å²) in [5.74, 6) is 0.268. The van der Waals surface area contributed by atoms with Crippen LogP contribution in [0.2, 0.25) is 0 Å². The van der Waals surface area contributed by atoms with E-state index in [4.69, 9.17) is 4.52 Å². The number of aryl methyl sites for hydroxylation is 1. The Morgan fingerprint density at radius 3 is 2.88 bits per heavy atom. The van der Waals surface area contributed by atoms with Crippen LogP contribution >= 0.6 is 0 Å². The molecule has 6 heteroatoms. The highest BCUT2D eigenvalue weighted by Gasteiger charge is 2.35. The van der Waals surface area contributed by atoms with Gasteiger partial charge >= 0.3 is 0 Å². The molecule has 1 amide bonds. The van der Waals surface area contributed by atoms with E-state index in [2.05, 4.69) is 17.1 Å². The molecule has 1 fully saturated rings. The fourth-order valence-corrected chi connectivity index (χ4v) is 3.32. The summed E-state index contributed by atoms with van der Waals surface area (Å²) in [6.45, 7) is 2.57. The molecule has 1 saturated heterocycles. The number of hydrogen-bond donors (Lipinski definition) is 0. The minimum absolute atomic E-state index is 0.0430. The van der Waals surface area contributed by atoms with E-state index in [9.17, 15) is 9.18 Å². The quantitative estimate of drug-likeness (QED) is 0.714. The Kier molecular flexibility index (Phi) is 4.24. The highest BCUT2D eigenvalue weighted by Crippen LogP contribution is 2.33. The van der Waals surface area contributed by atoms with Gasteiger partial charge in [-0.05, 0) is 30.2 Å². The fourth-order valence-electron chi connectivity index (χ4n) is 3.32. The van der Waals surface area contributed by atoms with Crippen LogP contribution in [0.15, 0.2) is 53.1 Å². The molecule has 3 aromatic rings. The molecule has 0 spiro atoms. The molecular weight excluding hydrogens is 333 g/mol. The van der Waals surface area contributed by atoms with Crippen LogP contribution in [-0.2, 0) is 11.2 Å². The Morgan fingerprint density at radius 1 is 1.23 bits per heavy atom. The maximum atomic E-state index is 13.4. The first-order valence-electron chi connectivity index (χ1n) is 8.63. The summed E-state index contributed by atoms with van der Waals surface area (Å²) in [5, 5.41) is 3.95. The highest BCUT2D eigenvalue weighted by molar-refractivity contribution is 5.97. The topological polar surface area (TPSA) is 59.2 Å². The molecule has 0 aliphatic carbocycles. The van der Waals surface area contributed by atoms with Crippen molar-refractivity contribution in [2.75, 3.05) is 11.4 Å². The smallest absolute Gasteiger partial charge is 0.232 e. The van der Waals surface area contributed by atoms with E-state index in [1.165, 1.54) is 12.1 Å². The number of carbonyl (C=O) groups excluding carboxylic acids is 1. The summed E-state index contributed by atoms with van der Waals surface area (Å²) in [6, 6.07) is 14.0. The Hall–Kier alpha value is -3.02. The third kappa shape index (κ3) is 2.98. The highest BCUT2D eigenvalue weighted by atomic mass is 19.1. The van der Waals surface area contributed by atoms with Gasteiger partial charge in [0.2, 0.25) is 17.6 Å². The van der Waals surface area contributed by atoms with Crippen molar-refractivity contribution in [2.24, 2.45) is 0 Å². The first kappa shape index (κ1) is 16.4. The number of halogens is 1. The fraction of sp³-hybridized carbons (Fsp3) is 0.250. The van der Waals surface area contributed by atoms with Crippen molar-refractivity contribution in [3.8, 4) is 11.4 Å². The van der Waals surface area contributed by atoms with E-state index >= 15 is 0 Å². The van der Waals surface area contributed by atoms with Gasteiger partial charge in [0, 0.05) is 24.2 Å². The van der Waals surface area contributed by atoms with E-state index < -0.39 is 0 Å². The molecule has 0 bridgehead atoms. The normalized spacial score (nSPS) is 17.1. The van der Waals surface area contributed by atoms with E-state index in [0.717, 1.165) is 17.7 Å². The molecule has 0 N–H and O–H groups in total. The minimum atomic E-state index is -0.354. The molecular formula is C20H18FN3O2. The third-order valence-electron chi connectivity index (χ3n) is 4.66. The van der Waals surface area contributed by atoms with E-state index in [1.54, 1.807) is 17.0 Å². The molecule has 5 nitrogen and oxygen atoms in total. The number of para-hydroxylation sites is 1. The zero-order valence-electron chi connectivity index (χ0n) is 14.4. The van der Waals surface area contributed by atoms with Crippen LogP contribution in [0.5, 0.6) is 0 Å². The lowest BCUT2D eigenvalue weighted by molar-refractivity contribution is -0.117. The minimum Gasteiger partial charge on any atom is -0.339 e. The molecule has 26 heavy (non-hydrogen) atoms. The molecule has 4 rings (SSSR count). The van der Waals surface area contributed by atoms with Gasteiger partial charge in [-0.15, -0.1) is 0 Å². The average molecular weight is 351 g/mol. The lowest BCUT2D eigenvalue weighted by Gasteiger charge is -2.19. The van der Waals surface area contributed by atoms with Gasteiger partial charge in [-0.3, -0.25) is 4.79 Å². The van der Waals surface area contributed by atoms with E-state index in [-0.39, 0.29) is 17.6 Å². The molecule has 2 aromatic carbocycles. The van der Waals surface area contributed by atoms with Crippen LogP contribution in [-0.4, -0.2) is 22.6 Å². The zero-order chi connectivity index (χ0) is 18.1. The van der Waals surface area contributed by atoms with Gasteiger partial charge in [0.1, 0.15) is 5.82 Å². The maximum absolute atomic E-state index is 13.4. The second-order valence-corrected chi connectivity index (χ2v) is 6.35. The second kappa shape index (κ2) is 6.71. The van der Waals surface area contributed by atoms with Crippen LogP contribution in [0.25, 0.3) is 11.4 Å². The van der Waals surface area contributed by atoms with Crippen LogP contribution in [0.1, 0.15) is 30.7 Å². The van der Waals surface area contributed by atoms with Gasteiger partial charge in [0.05, 0.1) is 5.92 Å². The monoisotopic (exact) mass is 351 g/mol. The van der Waals surface area contributed by atoms with Crippen LogP contribution in [0.3, 0.4) is 0 Å². The molecule has 1 aromatic heterocycles. The van der Waals surface area contributed by atoms with Crippen LogP contribution in [0.4, 0.5) is 10.1 Å². The van der Waals surface area contributed by atoms with Crippen molar-refractivity contribution >= 4 is 11.6 Å². The lowest BCUT2D eigenvalue weighted by atomic mass is 10.1. The van der Waals surface area contributed by atoms with Crippen LogP contribution in [0, 0.1) is 5.82 Å². The summed E-state index contributed by atoms with van der Waals surface area (Å²) in [6.07, 6.45) is 1.18. The largest absolute Gasteiger partial charge is 0.339 e. The zero-order valence-corrected chi connectivity index (χ0v) is 14.4. The number of rotatable bonds is 4. The number of amides is 1. The average Bonchev–Trinajstić information content (AvgIpc) is 3.28. The standard InChI is InChI=1S/C20H18FN3O2/c1-2-13-6-3-4-9-17(13)24-12-15(11-18(24)25)20-22-19(23-26-20)14-7-5-8-16(21)10-14/h3-10,15H,2,11-12H2,1H3. The maximum Gasteiger partial charge on any atom is 0.232 e. The van der Waals surface area contributed by atoms with Gasteiger partial charge in [0.15, 0.2) is 0 Å². The predicted octanol–water partition coefficient (Wildman–Crippen LogP) is 3.96. The Morgan fingerprint density at radius 2 is 2.08 bits per heavy atom. The first-order valence-corrected chi connectivity index (χ1v) is 8.63. The van der Waals surface area contributed by atoms with Gasteiger partial charge in [-0.25, -0.2) is 4.39 Å². The Labute approximate surface area is 150 Å². The van der Waals surface area contributed by atoms with Crippen LogP contribution < -0.4 is 4.90 Å². The van der Waals surface area contributed by atoms with E-state index in [0.29, 0.717) is 30.2 Å². The summed E-state index contributed by atoms with van der Waals surface area (Å²) in [7, 11) is 0. The number of hydrogen-bond acceptors (Lipinski definition) is 4. The molecule has 0 saturated carbocycles. The van der Waals surface area contributed by atoms with Crippen molar-refractivity contribution in [2.45, 2.75) is 25.7 Å². The van der Waals surface area contributed by atoms with Gasteiger partial charge in [-0.1, -0.05) is 42.4 Å². The van der Waals surface area contributed by atoms with Gasteiger partial charge in [-0.2, -0.15) is 4.98 Å². The van der Waals surface area contributed by atoms with Crippen molar-refractivity contribution in [3.05, 3.63) is 65.8 Å². The molecule has 1 atom stereocenters. The third-order valence-corrected chi connectivity index (χ3v) is 4.66.